The molecule has 12 heteroatoms. The third-order valence-electron chi connectivity index (χ3n) is 5.82. The van der Waals surface area contributed by atoms with E-state index in [-0.39, 0.29) is 29.8 Å². The Morgan fingerprint density at radius 3 is 2.88 bits per heavy atom. The number of hydrogen-bond acceptors (Lipinski definition) is 9. The summed E-state index contributed by atoms with van der Waals surface area (Å²) in [5.41, 5.74) is 0.564. The van der Waals surface area contributed by atoms with Gasteiger partial charge in [-0.3, -0.25) is 19.0 Å². The molecule has 0 aliphatic carbocycles. The van der Waals surface area contributed by atoms with E-state index < -0.39 is 0 Å². The van der Waals surface area contributed by atoms with Crippen LogP contribution >= 0.6 is 11.3 Å². The minimum atomic E-state index is -0.367. The minimum Gasteiger partial charge on any atom is -0.486 e. The highest BCUT2D eigenvalue weighted by Crippen LogP contribution is 2.32. The Kier molecular flexibility index (Phi) is 6.05. The van der Waals surface area contributed by atoms with Crippen molar-refractivity contribution in [2.24, 2.45) is 5.92 Å². The summed E-state index contributed by atoms with van der Waals surface area (Å²) in [6, 6.07) is 5.14. The summed E-state index contributed by atoms with van der Waals surface area (Å²) in [6.45, 7) is 2.06. The summed E-state index contributed by atoms with van der Waals surface area (Å²) in [5.74, 6) is 0.730. The molecule has 1 fully saturated rings. The maximum absolute atomic E-state index is 13.0. The van der Waals surface area contributed by atoms with Gasteiger partial charge in [0.05, 0.1) is 5.92 Å². The van der Waals surface area contributed by atoms with Gasteiger partial charge in [0.1, 0.15) is 30.8 Å². The highest BCUT2D eigenvalue weighted by atomic mass is 32.1. The summed E-state index contributed by atoms with van der Waals surface area (Å²) in [6.07, 6.45) is 3.03. The first-order valence-corrected chi connectivity index (χ1v) is 11.9. The van der Waals surface area contributed by atoms with E-state index in [0.29, 0.717) is 52.4 Å². The van der Waals surface area contributed by atoms with Gasteiger partial charge in [0.25, 0.3) is 5.56 Å². The van der Waals surface area contributed by atoms with Crippen molar-refractivity contribution in [3.8, 4) is 11.5 Å². The van der Waals surface area contributed by atoms with Crippen molar-refractivity contribution >= 4 is 44.3 Å². The number of piperidine rings is 1. The van der Waals surface area contributed by atoms with E-state index in [1.165, 1.54) is 22.2 Å². The predicted molar refractivity (Wildman–Crippen MR) is 127 cm³/mol. The van der Waals surface area contributed by atoms with E-state index in [0.717, 1.165) is 19.4 Å². The molecule has 1 saturated heterocycles. The van der Waals surface area contributed by atoms with Crippen LogP contribution in [0, 0.1) is 5.92 Å². The molecule has 2 aliphatic heterocycles. The molecule has 2 amide bonds. The van der Waals surface area contributed by atoms with Gasteiger partial charge in [0.15, 0.2) is 22.3 Å². The lowest BCUT2D eigenvalue weighted by atomic mass is 9.98. The van der Waals surface area contributed by atoms with Crippen molar-refractivity contribution in [3.63, 3.8) is 0 Å². The zero-order valence-corrected chi connectivity index (χ0v) is 19.4. The van der Waals surface area contributed by atoms with Crippen molar-refractivity contribution in [2.45, 2.75) is 19.4 Å². The molecule has 0 radical (unpaired) electrons. The van der Waals surface area contributed by atoms with Gasteiger partial charge in [-0.2, -0.15) is 4.98 Å². The number of hydrogen-bond donors (Lipinski definition) is 2. The van der Waals surface area contributed by atoms with Gasteiger partial charge in [-0.25, -0.2) is 4.98 Å². The second-order valence-corrected chi connectivity index (χ2v) is 9.11. The van der Waals surface area contributed by atoms with E-state index in [4.69, 9.17) is 9.47 Å². The summed E-state index contributed by atoms with van der Waals surface area (Å²) < 4.78 is 12.7. The van der Waals surface area contributed by atoms with E-state index >= 15 is 0 Å². The van der Waals surface area contributed by atoms with Crippen LogP contribution in [0.3, 0.4) is 0 Å². The molecule has 1 aromatic carbocycles. The molecule has 5 rings (SSSR count). The summed E-state index contributed by atoms with van der Waals surface area (Å²) >= 11 is 1.24. The number of nitrogens with zero attached hydrogens (tertiary/aromatic N) is 4. The minimum absolute atomic E-state index is 0.00955. The van der Waals surface area contributed by atoms with E-state index in [1.54, 1.807) is 25.2 Å². The number of rotatable bonds is 5. The smallest absolute Gasteiger partial charge is 0.273 e. The number of amides is 2. The van der Waals surface area contributed by atoms with Gasteiger partial charge in [0.2, 0.25) is 11.8 Å². The number of anilines is 2. The van der Waals surface area contributed by atoms with Crippen molar-refractivity contribution in [2.75, 3.05) is 43.6 Å². The second kappa shape index (κ2) is 9.29. The standard InChI is InChI=1S/C22H24N6O5S/c1-23-20(30)13-3-2-6-27(10-13)22-26-19-18(34-22)21(31)28(12-24-19)11-17(29)25-14-4-5-15-16(9-14)33-8-7-32-15/h4-5,9,12-13H,2-3,6-8,10-11H2,1H3,(H,23,30)(H,25,29). The van der Waals surface area contributed by atoms with Crippen LogP contribution in [-0.2, 0) is 16.1 Å². The van der Waals surface area contributed by atoms with Crippen LogP contribution in [0.2, 0.25) is 0 Å². The molecule has 0 saturated carbocycles. The first kappa shape index (κ1) is 22.1. The van der Waals surface area contributed by atoms with E-state index in [1.807, 2.05) is 4.90 Å². The Morgan fingerprint density at radius 1 is 1.24 bits per heavy atom. The molecule has 2 aliphatic rings. The van der Waals surface area contributed by atoms with Crippen molar-refractivity contribution in [3.05, 3.63) is 34.9 Å². The average Bonchev–Trinajstić information content (AvgIpc) is 3.30. The third-order valence-corrected chi connectivity index (χ3v) is 6.91. The number of ether oxygens (including phenoxy) is 2. The van der Waals surface area contributed by atoms with Gasteiger partial charge in [-0.05, 0) is 25.0 Å². The lowest BCUT2D eigenvalue weighted by Gasteiger charge is -2.31. The van der Waals surface area contributed by atoms with Crippen LogP contribution in [0.25, 0.3) is 10.3 Å². The molecule has 3 aromatic rings. The summed E-state index contributed by atoms with van der Waals surface area (Å²) in [7, 11) is 1.63. The molecule has 34 heavy (non-hydrogen) atoms. The molecule has 2 N–H and O–H groups in total. The van der Waals surface area contributed by atoms with Gasteiger partial charge in [0, 0.05) is 31.9 Å². The first-order valence-electron chi connectivity index (χ1n) is 11.0. The lowest BCUT2D eigenvalue weighted by Crippen LogP contribution is -2.42. The van der Waals surface area contributed by atoms with Gasteiger partial charge >= 0.3 is 0 Å². The quantitative estimate of drug-likeness (QED) is 0.554. The van der Waals surface area contributed by atoms with Crippen LogP contribution in [-0.4, -0.2) is 59.7 Å². The highest BCUT2D eigenvalue weighted by molar-refractivity contribution is 7.22. The van der Waals surface area contributed by atoms with Crippen LogP contribution in [0.4, 0.5) is 10.8 Å². The molecule has 11 nitrogen and oxygen atoms in total. The molecule has 0 bridgehead atoms. The fraction of sp³-hybridized carbons (Fsp3) is 0.409. The Balaban J connectivity index is 1.31. The van der Waals surface area contributed by atoms with Crippen LogP contribution in [0.1, 0.15) is 12.8 Å². The summed E-state index contributed by atoms with van der Waals surface area (Å²) in [4.78, 5) is 48.5. The molecule has 178 valence electrons. The maximum Gasteiger partial charge on any atom is 0.273 e. The van der Waals surface area contributed by atoms with E-state index in [2.05, 4.69) is 20.6 Å². The van der Waals surface area contributed by atoms with E-state index in [9.17, 15) is 14.4 Å². The topological polar surface area (TPSA) is 128 Å². The monoisotopic (exact) mass is 484 g/mol. The second-order valence-electron chi connectivity index (χ2n) is 8.13. The molecule has 1 unspecified atom stereocenters. The zero-order valence-electron chi connectivity index (χ0n) is 18.6. The Bertz CT molecular complexity index is 1300. The normalized spacial score (nSPS) is 17.4. The number of aromatic nitrogens is 3. The summed E-state index contributed by atoms with van der Waals surface area (Å²) in [5, 5.41) is 6.13. The van der Waals surface area contributed by atoms with Gasteiger partial charge in [-0.15, -0.1) is 0 Å². The molecule has 0 spiro atoms. The van der Waals surface area contributed by atoms with Crippen LogP contribution in [0.5, 0.6) is 11.5 Å². The number of carbonyl (C=O) groups is 2. The molecular formula is C22H24N6O5S. The van der Waals surface area contributed by atoms with Crippen LogP contribution in [0.15, 0.2) is 29.3 Å². The lowest BCUT2D eigenvalue weighted by molar-refractivity contribution is -0.124. The molecular weight excluding hydrogens is 460 g/mol. The maximum atomic E-state index is 13.0. The number of nitrogens with one attached hydrogen (secondary N) is 2. The Labute approximate surface area is 198 Å². The zero-order chi connectivity index (χ0) is 23.7. The van der Waals surface area contributed by atoms with Crippen molar-refractivity contribution < 1.29 is 19.1 Å². The fourth-order valence-electron chi connectivity index (χ4n) is 4.13. The van der Waals surface area contributed by atoms with Crippen molar-refractivity contribution in [1.82, 2.24) is 19.9 Å². The number of fused-ring (bicyclic) bond motifs is 2. The Hall–Kier alpha value is -3.67. The fourth-order valence-corrected chi connectivity index (χ4v) is 5.13. The molecule has 1 atom stereocenters. The van der Waals surface area contributed by atoms with Crippen molar-refractivity contribution in [1.29, 1.82) is 0 Å². The predicted octanol–water partition coefficient (Wildman–Crippen LogP) is 1.23. The third kappa shape index (κ3) is 4.40. The number of thiazole rings is 1. The number of carbonyl (C=O) groups excluding carboxylic acids is 2. The largest absolute Gasteiger partial charge is 0.486 e. The first-order chi connectivity index (χ1) is 16.5. The van der Waals surface area contributed by atoms with Crippen LogP contribution < -0.4 is 30.6 Å². The van der Waals surface area contributed by atoms with Gasteiger partial charge < -0.3 is 25.0 Å². The SMILES string of the molecule is CNC(=O)C1CCCN(c2nc3ncn(CC(=O)Nc4ccc5c(c4)OCCO5)c(=O)c3s2)C1. The molecule has 2 aromatic heterocycles. The molecule has 4 heterocycles. The average molecular weight is 485 g/mol. The van der Waals surface area contributed by atoms with Gasteiger partial charge in [-0.1, -0.05) is 11.3 Å². The highest BCUT2D eigenvalue weighted by Gasteiger charge is 2.27. The Morgan fingerprint density at radius 2 is 2.06 bits per heavy atom. The number of benzene rings is 1.